The number of nitrogens with one attached hydrogen (secondary N) is 2. The molecule has 4 heteroatoms. The van der Waals surface area contributed by atoms with Gasteiger partial charge in [-0.05, 0) is 50.2 Å². The van der Waals surface area contributed by atoms with Gasteiger partial charge in [-0.3, -0.25) is 0 Å². The van der Waals surface area contributed by atoms with Crippen LogP contribution >= 0.6 is 15.9 Å². The van der Waals surface area contributed by atoms with Gasteiger partial charge in [0.25, 0.3) is 0 Å². The Balaban J connectivity index is 1.67. The minimum absolute atomic E-state index is 0.658. The van der Waals surface area contributed by atoms with Crippen LogP contribution in [0.5, 0.6) is 0 Å². The van der Waals surface area contributed by atoms with E-state index in [0.717, 1.165) is 17.6 Å². The van der Waals surface area contributed by atoms with Gasteiger partial charge in [0.2, 0.25) is 0 Å². The van der Waals surface area contributed by atoms with E-state index in [1.54, 1.807) is 0 Å². The molecule has 2 aromatic rings. The van der Waals surface area contributed by atoms with Gasteiger partial charge < -0.3 is 15.2 Å². The lowest BCUT2D eigenvalue weighted by atomic mass is 10.0. The van der Waals surface area contributed by atoms with E-state index in [0.29, 0.717) is 6.04 Å². The Kier molecular flexibility index (Phi) is 4.44. The smallest absolute Gasteiger partial charge is 0.0458 e. The summed E-state index contributed by atoms with van der Waals surface area (Å²) >= 11 is 3.56. The topological polar surface area (TPSA) is 31.1 Å². The van der Waals surface area contributed by atoms with Gasteiger partial charge in [0.15, 0.2) is 0 Å². The Morgan fingerprint density at radius 2 is 2.25 bits per heavy atom. The molecule has 2 heterocycles. The standard InChI is InChI=1S/C16H22BrN3/c1-20(11-14-4-2-3-7-18-14)10-12-9-19-16-6-5-13(17)8-15(12)16/h5-6,8-9,14,18-19H,2-4,7,10-11H2,1H3. The number of H-pyrrole nitrogens is 1. The normalized spacial score (nSPS) is 19.9. The molecule has 1 aliphatic rings. The van der Waals surface area contributed by atoms with Crippen molar-refractivity contribution in [3.8, 4) is 0 Å². The summed E-state index contributed by atoms with van der Waals surface area (Å²) in [5.74, 6) is 0. The van der Waals surface area contributed by atoms with E-state index in [4.69, 9.17) is 0 Å². The van der Waals surface area contributed by atoms with Crippen LogP contribution in [0.1, 0.15) is 24.8 Å². The van der Waals surface area contributed by atoms with Gasteiger partial charge in [-0.1, -0.05) is 22.4 Å². The number of likely N-dealkylation sites (N-methyl/N-ethyl adjacent to an activating group) is 1. The molecule has 1 saturated heterocycles. The van der Waals surface area contributed by atoms with Crippen molar-refractivity contribution in [2.45, 2.75) is 31.8 Å². The zero-order chi connectivity index (χ0) is 13.9. The van der Waals surface area contributed by atoms with Crippen LogP contribution < -0.4 is 5.32 Å². The highest BCUT2D eigenvalue weighted by atomic mass is 79.9. The quantitative estimate of drug-likeness (QED) is 0.895. The lowest BCUT2D eigenvalue weighted by Crippen LogP contribution is -2.42. The summed E-state index contributed by atoms with van der Waals surface area (Å²) in [4.78, 5) is 5.78. The van der Waals surface area contributed by atoms with E-state index >= 15 is 0 Å². The van der Waals surface area contributed by atoms with Crippen molar-refractivity contribution < 1.29 is 0 Å². The molecule has 0 bridgehead atoms. The molecule has 1 aromatic heterocycles. The summed E-state index contributed by atoms with van der Waals surface area (Å²) in [6.45, 7) is 3.30. The highest BCUT2D eigenvalue weighted by Gasteiger charge is 2.15. The molecule has 3 nitrogen and oxygen atoms in total. The van der Waals surface area contributed by atoms with Crippen LogP contribution in [0.3, 0.4) is 0 Å². The summed E-state index contributed by atoms with van der Waals surface area (Å²) in [5.41, 5.74) is 2.59. The second-order valence-electron chi connectivity index (χ2n) is 5.85. The predicted octanol–water partition coefficient (Wildman–Crippen LogP) is 3.50. The Bertz CT molecular complexity index is 572. The molecule has 1 atom stereocenters. The third-order valence-corrected chi connectivity index (χ3v) is 4.61. The van der Waals surface area contributed by atoms with Crippen LogP contribution in [0.15, 0.2) is 28.9 Å². The number of hydrogen-bond acceptors (Lipinski definition) is 2. The number of benzene rings is 1. The van der Waals surface area contributed by atoms with Crippen LogP contribution in [0, 0.1) is 0 Å². The second-order valence-corrected chi connectivity index (χ2v) is 6.76. The lowest BCUT2D eigenvalue weighted by Gasteiger charge is -2.28. The molecule has 1 unspecified atom stereocenters. The molecule has 0 spiro atoms. The molecular formula is C16H22BrN3. The SMILES string of the molecule is CN(Cc1c[nH]c2ccc(Br)cc12)CC1CCCCN1. The van der Waals surface area contributed by atoms with Gasteiger partial charge in [-0.2, -0.15) is 0 Å². The Morgan fingerprint density at radius 3 is 3.05 bits per heavy atom. The van der Waals surface area contributed by atoms with Crippen LogP contribution in [0.2, 0.25) is 0 Å². The zero-order valence-corrected chi connectivity index (χ0v) is 13.5. The molecule has 1 aromatic carbocycles. The number of aromatic amines is 1. The highest BCUT2D eigenvalue weighted by molar-refractivity contribution is 9.10. The summed E-state index contributed by atoms with van der Waals surface area (Å²) in [7, 11) is 2.22. The van der Waals surface area contributed by atoms with Crippen molar-refractivity contribution in [1.82, 2.24) is 15.2 Å². The van der Waals surface area contributed by atoms with Crippen molar-refractivity contribution >= 4 is 26.8 Å². The first-order chi connectivity index (χ1) is 9.72. The maximum Gasteiger partial charge on any atom is 0.0458 e. The van der Waals surface area contributed by atoms with Crippen molar-refractivity contribution in [2.75, 3.05) is 20.1 Å². The van der Waals surface area contributed by atoms with Crippen molar-refractivity contribution in [2.24, 2.45) is 0 Å². The third-order valence-electron chi connectivity index (χ3n) is 4.11. The first-order valence-electron chi connectivity index (χ1n) is 7.40. The lowest BCUT2D eigenvalue weighted by molar-refractivity contribution is 0.257. The Morgan fingerprint density at radius 1 is 1.35 bits per heavy atom. The van der Waals surface area contributed by atoms with Gasteiger partial charge in [-0.25, -0.2) is 0 Å². The summed E-state index contributed by atoms with van der Waals surface area (Å²) in [6, 6.07) is 7.07. The minimum atomic E-state index is 0.658. The number of piperidine rings is 1. The van der Waals surface area contributed by atoms with Gasteiger partial charge in [0.1, 0.15) is 0 Å². The average Bonchev–Trinajstić information content (AvgIpc) is 2.82. The highest BCUT2D eigenvalue weighted by Crippen LogP contribution is 2.23. The average molecular weight is 336 g/mol. The van der Waals surface area contributed by atoms with Gasteiger partial charge in [0.05, 0.1) is 0 Å². The van der Waals surface area contributed by atoms with Crippen molar-refractivity contribution in [3.63, 3.8) is 0 Å². The molecule has 0 saturated carbocycles. The monoisotopic (exact) mass is 335 g/mol. The minimum Gasteiger partial charge on any atom is -0.361 e. The number of fused-ring (bicyclic) bond motifs is 1. The molecule has 1 fully saturated rings. The molecule has 20 heavy (non-hydrogen) atoms. The second kappa shape index (κ2) is 6.29. The predicted molar refractivity (Wildman–Crippen MR) is 88.0 cm³/mol. The van der Waals surface area contributed by atoms with Crippen LogP contribution in [-0.2, 0) is 6.54 Å². The summed E-state index contributed by atoms with van der Waals surface area (Å²) in [6.07, 6.45) is 6.15. The van der Waals surface area contributed by atoms with E-state index in [-0.39, 0.29) is 0 Å². The maximum absolute atomic E-state index is 3.62. The zero-order valence-electron chi connectivity index (χ0n) is 12.0. The number of halogens is 1. The van der Waals surface area contributed by atoms with E-state index < -0.39 is 0 Å². The molecule has 0 aliphatic carbocycles. The molecule has 108 valence electrons. The molecule has 2 N–H and O–H groups in total. The molecule has 3 rings (SSSR count). The Hall–Kier alpha value is -0.840. The van der Waals surface area contributed by atoms with Crippen LogP contribution in [0.4, 0.5) is 0 Å². The number of rotatable bonds is 4. The molecule has 1 aliphatic heterocycles. The van der Waals surface area contributed by atoms with E-state index in [1.807, 2.05) is 0 Å². The van der Waals surface area contributed by atoms with Crippen molar-refractivity contribution in [1.29, 1.82) is 0 Å². The Labute approximate surface area is 128 Å². The first kappa shape index (κ1) is 14.1. The van der Waals surface area contributed by atoms with Crippen LogP contribution in [-0.4, -0.2) is 36.1 Å². The largest absolute Gasteiger partial charge is 0.361 e. The molecular weight excluding hydrogens is 314 g/mol. The van der Waals surface area contributed by atoms with Gasteiger partial charge in [0, 0.05) is 40.7 Å². The first-order valence-corrected chi connectivity index (χ1v) is 8.19. The van der Waals surface area contributed by atoms with Crippen LogP contribution in [0.25, 0.3) is 10.9 Å². The third kappa shape index (κ3) is 3.25. The van der Waals surface area contributed by atoms with E-state index in [9.17, 15) is 0 Å². The van der Waals surface area contributed by atoms with E-state index in [1.165, 1.54) is 42.3 Å². The summed E-state index contributed by atoms with van der Waals surface area (Å²) < 4.78 is 1.14. The van der Waals surface area contributed by atoms with Gasteiger partial charge >= 0.3 is 0 Å². The number of hydrogen-bond donors (Lipinski definition) is 2. The number of nitrogens with zero attached hydrogens (tertiary/aromatic N) is 1. The summed E-state index contributed by atoms with van der Waals surface area (Å²) in [5, 5.41) is 4.94. The fourth-order valence-electron chi connectivity index (χ4n) is 3.09. The maximum atomic E-state index is 3.62. The molecule has 0 amide bonds. The fourth-order valence-corrected chi connectivity index (χ4v) is 3.45. The fraction of sp³-hybridized carbons (Fsp3) is 0.500. The molecule has 0 radical (unpaired) electrons. The van der Waals surface area contributed by atoms with E-state index in [2.05, 4.69) is 62.6 Å². The van der Waals surface area contributed by atoms with Crippen molar-refractivity contribution in [3.05, 3.63) is 34.4 Å². The number of aromatic nitrogens is 1. The van der Waals surface area contributed by atoms with Gasteiger partial charge in [-0.15, -0.1) is 0 Å².